The molecule has 4 heteroatoms. The van der Waals surface area contributed by atoms with Gasteiger partial charge in [-0.25, -0.2) is 0 Å². The number of nitrogens with zero attached hydrogens (tertiary/aromatic N) is 1. The molecule has 0 atom stereocenters. The van der Waals surface area contributed by atoms with Gasteiger partial charge >= 0.3 is 0 Å². The van der Waals surface area contributed by atoms with Crippen molar-refractivity contribution in [1.82, 2.24) is 5.32 Å². The Hall–Kier alpha value is -0.190. The van der Waals surface area contributed by atoms with Crippen LogP contribution in [-0.4, -0.2) is 31.1 Å². The highest BCUT2D eigenvalue weighted by atomic mass is 79.9. The highest BCUT2D eigenvalue weighted by Gasteiger charge is 2.13. The molecule has 1 saturated heterocycles. The largest absolute Gasteiger partial charge is 0.370 e. The summed E-state index contributed by atoms with van der Waals surface area (Å²) < 4.78 is 1.17. The second-order valence-corrected chi connectivity index (χ2v) is 6.65. The molecule has 18 heavy (non-hydrogen) atoms. The fourth-order valence-corrected chi connectivity index (χ4v) is 3.55. The zero-order valence-electron chi connectivity index (χ0n) is 10.9. The lowest BCUT2D eigenvalue weighted by Crippen LogP contribution is -2.27. The van der Waals surface area contributed by atoms with Gasteiger partial charge in [0.05, 0.1) is 0 Å². The van der Waals surface area contributed by atoms with E-state index in [0.29, 0.717) is 0 Å². The number of benzene rings is 1. The van der Waals surface area contributed by atoms with E-state index in [-0.39, 0.29) is 0 Å². The van der Waals surface area contributed by atoms with Crippen molar-refractivity contribution in [3.63, 3.8) is 0 Å². The molecule has 2 nitrogen and oxygen atoms in total. The summed E-state index contributed by atoms with van der Waals surface area (Å²) in [6, 6.07) is 6.66. The maximum Gasteiger partial charge on any atom is 0.0412 e. The van der Waals surface area contributed by atoms with Gasteiger partial charge in [-0.05, 0) is 42.5 Å². The second-order valence-electron chi connectivity index (χ2n) is 4.51. The van der Waals surface area contributed by atoms with E-state index < -0.39 is 0 Å². The van der Waals surface area contributed by atoms with E-state index in [1.165, 1.54) is 46.7 Å². The molecule has 1 aromatic carbocycles. The molecule has 100 valence electrons. The van der Waals surface area contributed by atoms with Gasteiger partial charge in [-0.15, -0.1) is 0 Å². The lowest BCUT2D eigenvalue weighted by Gasteiger charge is -2.25. The Morgan fingerprint density at radius 3 is 3.06 bits per heavy atom. The van der Waals surface area contributed by atoms with Gasteiger partial charge in [0.25, 0.3) is 0 Å². The molecule has 0 bridgehead atoms. The van der Waals surface area contributed by atoms with Crippen LogP contribution >= 0.6 is 27.7 Å². The summed E-state index contributed by atoms with van der Waals surface area (Å²) in [5, 5.41) is 3.43. The third-order valence-corrected chi connectivity index (χ3v) is 4.71. The topological polar surface area (TPSA) is 15.3 Å². The Kier molecular flexibility index (Phi) is 5.86. The number of rotatable bonds is 4. The maximum atomic E-state index is 3.58. The molecule has 0 saturated carbocycles. The van der Waals surface area contributed by atoms with E-state index >= 15 is 0 Å². The third kappa shape index (κ3) is 3.90. The van der Waals surface area contributed by atoms with Gasteiger partial charge in [0.15, 0.2) is 0 Å². The Balaban J connectivity index is 2.18. The van der Waals surface area contributed by atoms with Crippen molar-refractivity contribution in [2.45, 2.75) is 19.9 Å². The van der Waals surface area contributed by atoms with Crippen molar-refractivity contribution in [2.24, 2.45) is 0 Å². The average Bonchev–Trinajstić information content (AvgIpc) is 2.65. The van der Waals surface area contributed by atoms with E-state index in [9.17, 15) is 0 Å². The number of anilines is 1. The Bertz CT molecular complexity index is 376. The molecule has 0 amide bonds. The zero-order chi connectivity index (χ0) is 12.8. The molecule has 0 unspecified atom stereocenters. The van der Waals surface area contributed by atoms with Crippen LogP contribution in [0.2, 0.25) is 0 Å². The Morgan fingerprint density at radius 1 is 1.33 bits per heavy atom. The Morgan fingerprint density at radius 2 is 2.22 bits per heavy atom. The normalized spacial score (nSPS) is 16.7. The minimum absolute atomic E-state index is 0.953. The predicted molar refractivity (Wildman–Crippen MR) is 85.7 cm³/mol. The zero-order valence-corrected chi connectivity index (χ0v) is 13.3. The third-order valence-electron chi connectivity index (χ3n) is 3.17. The molecule has 1 fully saturated rings. The van der Waals surface area contributed by atoms with Crippen molar-refractivity contribution in [2.75, 3.05) is 36.0 Å². The summed E-state index contributed by atoms with van der Waals surface area (Å²) in [5.74, 6) is 2.55. The van der Waals surface area contributed by atoms with Crippen LogP contribution in [0, 0.1) is 0 Å². The molecule has 1 aromatic rings. The number of hydrogen-bond acceptors (Lipinski definition) is 3. The van der Waals surface area contributed by atoms with Crippen LogP contribution in [-0.2, 0) is 6.54 Å². The van der Waals surface area contributed by atoms with Gasteiger partial charge in [0.2, 0.25) is 0 Å². The minimum atomic E-state index is 0.953. The van der Waals surface area contributed by atoms with Crippen molar-refractivity contribution in [3.05, 3.63) is 28.2 Å². The maximum absolute atomic E-state index is 3.58. The number of nitrogens with one attached hydrogen (secondary N) is 1. The van der Waals surface area contributed by atoms with Crippen molar-refractivity contribution in [3.8, 4) is 0 Å². The molecule has 1 N–H and O–H groups in total. The van der Waals surface area contributed by atoms with Crippen molar-refractivity contribution in [1.29, 1.82) is 0 Å². The molecule has 1 aliphatic rings. The standard InChI is InChI=1S/C14H21BrN2S/c1-2-16-11-12-10-13(15)4-5-14(12)17-6-3-8-18-9-7-17/h4-5,10,16H,2-3,6-9,11H2,1H3. The van der Waals surface area contributed by atoms with Crippen molar-refractivity contribution < 1.29 is 0 Å². The summed E-state index contributed by atoms with van der Waals surface area (Å²) in [4.78, 5) is 2.54. The van der Waals surface area contributed by atoms with Crippen LogP contribution in [0.15, 0.2) is 22.7 Å². The fourth-order valence-electron chi connectivity index (χ4n) is 2.25. The molecule has 0 radical (unpaired) electrons. The van der Waals surface area contributed by atoms with Crippen LogP contribution in [0.5, 0.6) is 0 Å². The molecular weight excluding hydrogens is 308 g/mol. The lowest BCUT2D eigenvalue weighted by atomic mass is 10.1. The number of thioether (sulfide) groups is 1. The van der Waals surface area contributed by atoms with Gasteiger partial charge in [0.1, 0.15) is 0 Å². The molecule has 0 aromatic heterocycles. The lowest BCUT2D eigenvalue weighted by molar-refractivity contribution is 0.718. The molecule has 0 spiro atoms. The SMILES string of the molecule is CCNCc1cc(Br)ccc1N1CCCSCC1. The molecule has 1 aliphatic heterocycles. The first-order valence-corrected chi connectivity index (χ1v) is 8.58. The summed E-state index contributed by atoms with van der Waals surface area (Å²) >= 11 is 5.65. The number of halogens is 1. The highest BCUT2D eigenvalue weighted by molar-refractivity contribution is 9.10. The summed E-state index contributed by atoms with van der Waals surface area (Å²) in [5.41, 5.74) is 2.81. The average molecular weight is 329 g/mol. The smallest absolute Gasteiger partial charge is 0.0412 e. The van der Waals surface area contributed by atoms with Crippen LogP contribution in [0.4, 0.5) is 5.69 Å². The highest BCUT2D eigenvalue weighted by Crippen LogP contribution is 2.26. The second kappa shape index (κ2) is 7.41. The quantitative estimate of drug-likeness (QED) is 0.910. The monoisotopic (exact) mass is 328 g/mol. The summed E-state index contributed by atoms with van der Waals surface area (Å²) in [6.07, 6.45) is 1.29. The van der Waals surface area contributed by atoms with E-state index in [1.54, 1.807) is 0 Å². The fraction of sp³-hybridized carbons (Fsp3) is 0.571. The minimum Gasteiger partial charge on any atom is -0.370 e. The van der Waals surface area contributed by atoms with Crippen LogP contribution in [0.3, 0.4) is 0 Å². The summed E-state index contributed by atoms with van der Waals surface area (Å²) in [6.45, 7) is 6.48. The van der Waals surface area contributed by atoms with E-state index in [0.717, 1.165) is 13.1 Å². The Labute approximate surface area is 123 Å². The van der Waals surface area contributed by atoms with E-state index in [1.807, 2.05) is 0 Å². The van der Waals surface area contributed by atoms with Crippen LogP contribution < -0.4 is 10.2 Å². The van der Waals surface area contributed by atoms with Gasteiger partial charge < -0.3 is 10.2 Å². The first-order chi connectivity index (χ1) is 8.81. The van der Waals surface area contributed by atoms with Gasteiger partial charge in [0, 0.05) is 35.5 Å². The number of hydrogen-bond donors (Lipinski definition) is 1. The van der Waals surface area contributed by atoms with Crippen LogP contribution in [0.25, 0.3) is 0 Å². The molecular formula is C14H21BrN2S. The summed E-state index contributed by atoms with van der Waals surface area (Å²) in [7, 11) is 0. The first-order valence-electron chi connectivity index (χ1n) is 6.63. The van der Waals surface area contributed by atoms with Gasteiger partial charge in [-0.2, -0.15) is 11.8 Å². The molecule has 2 rings (SSSR count). The van der Waals surface area contributed by atoms with Crippen LogP contribution in [0.1, 0.15) is 18.9 Å². The van der Waals surface area contributed by atoms with E-state index in [4.69, 9.17) is 0 Å². The van der Waals surface area contributed by atoms with E-state index in [2.05, 4.69) is 63.0 Å². The van der Waals surface area contributed by atoms with Gasteiger partial charge in [-0.3, -0.25) is 0 Å². The molecule has 1 heterocycles. The van der Waals surface area contributed by atoms with Crippen molar-refractivity contribution >= 4 is 33.4 Å². The molecule has 0 aliphatic carbocycles. The van der Waals surface area contributed by atoms with Gasteiger partial charge in [-0.1, -0.05) is 22.9 Å². The first kappa shape index (κ1) is 14.2. The predicted octanol–water partition coefficient (Wildman–Crippen LogP) is 3.50.